The lowest BCUT2D eigenvalue weighted by molar-refractivity contribution is 0.102. The van der Waals surface area contributed by atoms with Gasteiger partial charge in [0.15, 0.2) is 5.76 Å². The molecular weight excluding hydrogens is 416 g/mol. The molecule has 4 rings (SSSR count). The molecule has 156 valence electrons. The molecule has 7 heteroatoms. The average Bonchev–Trinajstić information content (AvgIpc) is 3.30. The van der Waals surface area contributed by atoms with Crippen LogP contribution in [0, 0.1) is 0 Å². The van der Waals surface area contributed by atoms with Crippen LogP contribution in [0.15, 0.2) is 77.3 Å². The van der Waals surface area contributed by atoms with E-state index >= 15 is 0 Å². The summed E-state index contributed by atoms with van der Waals surface area (Å²) in [5.41, 5.74) is 2.38. The lowest BCUT2D eigenvalue weighted by Crippen LogP contribution is -2.13. The molecule has 0 radical (unpaired) electrons. The summed E-state index contributed by atoms with van der Waals surface area (Å²) in [6, 6.07) is 19.4. The first-order chi connectivity index (χ1) is 15.1. The first-order valence-electron chi connectivity index (χ1n) is 9.43. The SMILES string of the molecule is COc1ccc(-c2cnc(-c3ccccc3C(=O)Nc3ccc(Cl)cc3)o2)c(OC)c1. The fraction of sp³-hybridized carbons (Fsp3) is 0.0833. The van der Waals surface area contributed by atoms with Gasteiger partial charge in [-0.15, -0.1) is 0 Å². The van der Waals surface area contributed by atoms with Gasteiger partial charge >= 0.3 is 0 Å². The smallest absolute Gasteiger partial charge is 0.256 e. The molecule has 0 saturated carbocycles. The van der Waals surface area contributed by atoms with Gasteiger partial charge in [-0.05, 0) is 48.5 Å². The molecule has 0 aliphatic carbocycles. The number of carbonyl (C=O) groups is 1. The number of anilines is 1. The molecule has 0 fully saturated rings. The molecule has 0 spiro atoms. The lowest BCUT2D eigenvalue weighted by Gasteiger charge is -2.09. The summed E-state index contributed by atoms with van der Waals surface area (Å²) in [6.07, 6.45) is 1.60. The number of methoxy groups -OCH3 is 2. The van der Waals surface area contributed by atoms with E-state index in [1.54, 1.807) is 68.9 Å². The van der Waals surface area contributed by atoms with Crippen molar-refractivity contribution in [3.63, 3.8) is 0 Å². The quantitative estimate of drug-likeness (QED) is 0.407. The summed E-state index contributed by atoms with van der Waals surface area (Å²) < 4.78 is 16.7. The predicted octanol–water partition coefficient (Wildman–Crippen LogP) is 5.93. The largest absolute Gasteiger partial charge is 0.497 e. The second kappa shape index (κ2) is 8.93. The highest BCUT2D eigenvalue weighted by molar-refractivity contribution is 6.30. The number of oxazole rings is 1. The van der Waals surface area contributed by atoms with E-state index in [0.717, 1.165) is 5.56 Å². The Morgan fingerprint density at radius 1 is 0.968 bits per heavy atom. The van der Waals surface area contributed by atoms with Crippen molar-refractivity contribution < 1.29 is 18.7 Å². The van der Waals surface area contributed by atoms with Gasteiger partial charge in [0.25, 0.3) is 5.91 Å². The zero-order valence-corrected chi connectivity index (χ0v) is 17.6. The van der Waals surface area contributed by atoms with Gasteiger partial charge in [-0.3, -0.25) is 4.79 Å². The first-order valence-corrected chi connectivity index (χ1v) is 9.81. The second-order valence-corrected chi connectivity index (χ2v) is 7.04. The van der Waals surface area contributed by atoms with Crippen molar-refractivity contribution in [2.75, 3.05) is 19.5 Å². The third-order valence-electron chi connectivity index (χ3n) is 4.68. The molecule has 3 aromatic carbocycles. The van der Waals surface area contributed by atoms with Crippen molar-refractivity contribution >= 4 is 23.2 Å². The summed E-state index contributed by atoms with van der Waals surface area (Å²) in [5.74, 6) is 1.83. The van der Waals surface area contributed by atoms with E-state index in [-0.39, 0.29) is 5.91 Å². The average molecular weight is 435 g/mol. The van der Waals surface area contributed by atoms with Crippen molar-refractivity contribution in [3.05, 3.63) is 83.5 Å². The maximum Gasteiger partial charge on any atom is 0.256 e. The Morgan fingerprint density at radius 3 is 2.48 bits per heavy atom. The zero-order valence-electron chi connectivity index (χ0n) is 16.9. The first kappa shape index (κ1) is 20.5. The summed E-state index contributed by atoms with van der Waals surface area (Å²) in [4.78, 5) is 17.3. The van der Waals surface area contributed by atoms with Gasteiger partial charge in [-0.25, -0.2) is 4.98 Å². The van der Waals surface area contributed by atoms with Crippen LogP contribution in [0.2, 0.25) is 5.02 Å². The maximum absolute atomic E-state index is 12.9. The summed E-state index contributed by atoms with van der Waals surface area (Å²) in [5, 5.41) is 3.46. The normalized spacial score (nSPS) is 10.5. The van der Waals surface area contributed by atoms with Crippen LogP contribution >= 0.6 is 11.6 Å². The van der Waals surface area contributed by atoms with E-state index < -0.39 is 0 Å². The summed E-state index contributed by atoms with van der Waals surface area (Å²) in [7, 11) is 3.17. The number of nitrogens with zero attached hydrogens (tertiary/aromatic N) is 1. The second-order valence-electron chi connectivity index (χ2n) is 6.60. The van der Waals surface area contributed by atoms with Gasteiger partial charge in [0, 0.05) is 22.3 Å². The Hall–Kier alpha value is -3.77. The minimum absolute atomic E-state index is 0.278. The molecular formula is C24H19ClN2O4. The Kier molecular flexibility index (Phi) is 5.91. The van der Waals surface area contributed by atoms with Crippen LogP contribution in [-0.4, -0.2) is 25.1 Å². The summed E-state index contributed by atoms with van der Waals surface area (Å²) >= 11 is 5.91. The molecule has 0 saturated heterocycles. The predicted molar refractivity (Wildman–Crippen MR) is 120 cm³/mol. The Labute approximate surface area is 184 Å². The molecule has 1 amide bonds. The fourth-order valence-corrected chi connectivity index (χ4v) is 3.25. The number of rotatable bonds is 6. The van der Waals surface area contributed by atoms with E-state index in [1.807, 2.05) is 18.2 Å². The fourth-order valence-electron chi connectivity index (χ4n) is 3.12. The van der Waals surface area contributed by atoms with Crippen LogP contribution in [0.4, 0.5) is 5.69 Å². The van der Waals surface area contributed by atoms with Gasteiger partial charge in [0.1, 0.15) is 11.5 Å². The van der Waals surface area contributed by atoms with Crippen molar-refractivity contribution in [3.8, 4) is 34.3 Å². The lowest BCUT2D eigenvalue weighted by atomic mass is 10.1. The topological polar surface area (TPSA) is 73.6 Å². The number of nitrogens with one attached hydrogen (secondary N) is 1. The van der Waals surface area contributed by atoms with Crippen LogP contribution in [-0.2, 0) is 0 Å². The molecule has 0 unspecified atom stereocenters. The third kappa shape index (κ3) is 4.39. The molecule has 0 aliphatic rings. The van der Waals surface area contributed by atoms with Crippen LogP contribution in [0.25, 0.3) is 22.8 Å². The van der Waals surface area contributed by atoms with Gasteiger partial charge < -0.3 is 19.2 Å². The Morgan fingerprint density at radius 2 is 1.74 bits per heavy atom. The Balaban J connectivity index is 1.66. The van der Waals surface area contributed by atoms with Crippen molar-refractivity contribution in [1.82, 2.24) is 4.98 Å². The zero-order chi connectivity index (χ0) is 21.8. The number of carbonyl (C=O) groups excluding carboxylic acids is 1. The number of hydrogen-bond donors (Lipinski definition) is 1. The minimum atomic E-state index is -0.278. The molecule has 0 bridgehead atoms. The number of aromatic nitrogens is 1. The third-order valence-corrected chi connectivity index (χ3v) is 4.94. The molecule has 1 aromatic heterocycles. The molecule has 0 aliphatic heterocycles. The van der Waals surface area contributed by atoms with Crippen LogP contribution in [0.3, 0.4) is 0 Å². The molecule has 1 N–H and O–H groups in total. The van der Waals surface area contributed by atoms with E-state index in [4.69, 9.17) is 25.5 Å². The van der Waals surface area contributed by atoms with E-state index in [1.165, 1.54) is 0 Å². The van der Waals surface area contributed by atoms with Crippen LogP contribution in [0.1, 0.15) is 10.4 Å². The van der Waals surface area contributed by atoms with Gasteiger partial charge in [0.2, 0.25) is 5.89 Å². The van der Waals surface area contributed by atoms with Gasteiger partial charge in [-0.2, -0.15) is 0 Å². The molecule has 0 atom stereocenters. The number of benzene rings is 3. The molecule has 1 heterocycles. The number of ether oxygens (including phenoxy) is 2. The molecule has 6 nitrogen and oxygen atoms in total. The van der Waals surface area contributed by atoms with Gasteiger partial charge in [-0.1, -0.05) is 23.7 Å². The van der Waals surface area contributed by atoms with Crippen molar-refractivity contribution in [2.24, 2.45) is 0 Å². The Bertz CT molecular complexity index is 1220. The van der Waals surface area contributed by atoms with Crippen molar-refractivity contribution in [2.45, 2.75) is 0 Å². The van der Waals surface area contributed by atoms with E-state index in [0.29, 0.717) is 45.0 Å². The molecule has 4 aromatic rings. The number of halogens is 1. The van der Waals surface area contributed by atoms with Crippen LogP contribution < -0.4 is 14.8 Å². The van der Waals surface area contributed by atoms with E-state index in [2.05, 4.69) is 10.3 Å². The monoisotopic (exact) mass is 434 g/mol. The molecule has 31 heavy (non-hydrogen) atoms. The summed E-state index contributed by atoms with van der Waals surface area (Å²) in [6.45, 7) is 0. The maximum atomic E-state index is 12.9. The van der Waals surface area contributed by atoms with Crippen LogP contribution in [0.5, 0.6) is 11.5 Å². The van der Waals surface area contributed by atoms with Gasteiger partial charge in [0.05, 0.1) is 31.5 Å². The minimum Gasteiger partial charge on any atom is -0.497 e. The highest BCUT2D eigenvalue weighted by atomic mass is 35.5. The van der Waals surface area contributed by atoms with Crippen molar-refractivity contribution in [1.29, 1.82) is 0 Å². The highest BCUT2D eigenvalue weighted by Gasteiger charge is 2.18. The standard InChI is InChI=1S/C24H19ClN2O4/c1-29-17-11-12-20(21(13-17)30-2)22-14-26-24(31-22)19-6-4-3-5-18(19)23(28)27-16-9-7-15(25)8-10-16/h3-14H,1-2H3,(H,27,28). The highest BCUT2D eigenvalue weighted by Crippen LogP contribution is 2.35. The number of amides is 1. The number of hydrogen-bond acceptors (Lipinski definition) is 5. The van der Waals surface area contributed by atoms with E-state index in [9.17, 15) is 4.79 Å².